The number of benzene rings is 1. The predicted molar refractivity (Wildman–Crippen MR) is 99.4 cm³/mol. The lowest BCUT2D eigenvalue weighted by atomic mass is 9.99. The van der Waals surface area contributed by atoms with Crippen LogP contribution in [0.4, 0.5) is 0 Å². The van der Waals surface area contributed by atoms with Crippen molar-refractivity contribution in [3.63, 3.8) is 0 Å². The van der Waals surface area contributed by atoms with Crippen molar-refractivity contribution >= 4 is 0 Å². The van der Waals surface area contributed by atoms with Gasteiger partial charge in [-0.3, -0.25) is 4.90 Å². The zero-order valence-electron chi connectivity index (χ0n) is 15.8. The molecule has 0 atom stereocenters. The van der Waals surface area contributed by atoms with Crippen LogP contribution in [0.2, 0.25) is 0 Å². The Morgan fingerprint density at radius 3 is 2.38 bits per heavy atom. The monoisotopic (exact) mass is 334 g/mol. The molecule has 1 aromatic rings. The molecule has 0 unspecified atom stereocenters. The molecule has 0 aromatic heterocycles. The van der Waals surface area contributed by atoms with Crippen LogP contribution in [0, 0.1) is 0 Å². The van der Waals surface area contributed by atoms with Crippen LogP contribution in [-0.2, 0) is 22.6 Å². The van der Waals surface area contributed by atoms with Crippen LogP contribution in [0.25, 0.3) is 0 Å². The fraction of sp³-hybridized carbons (Fsp3) is 0.700. The van der Waals surface area contributed by atoms with Gasteiger partial charge in [0.15, 0.2) is 0 Å². The molecule has 1 aliphatic rings. The van der Waals surface area contributed by atoms with E-state index in [1.54, 1.807) is 0 Å². The van der Waals surface area contributed by atoms with Crippen molar-refractivity contribution < 1.29 is 9.47 Å². The topological polar surface area (TPSA) is 33.7 Å². The van der Waals surface area contributed by atoms with Gasteiger partial charge in [-0.25, -0.2) is 0 Å². The molecule has 1 aliphatic heterocycles. The SMILES string of the molecule is CC(C)NCCOCCOCCN1Cc2ccc(C(C)C)cc2C1. The summed E-state index contributed by atoms with van der Waals surface area (Å²) in [5.41, 5.74) is 4.40. The Morgan fingerprint density at radius 2 is 1.67 bits per heavy atom. The quantitative estimate of drug-likeness (QED) is 0.630. The summed E-state index contributed by atoms with van der Waals surface area (Å²) >= 11 is 0. The minimum Gasteiger partial charge on any atom is -0.378 e. The van der Waals surface area contributed by atoms with E-state index in [1.165, 1.54) is 16.7 Å². The maximum absolute atomic E-state index is 5.70. The van der Waals surface area contributed by atoms with E-state index in [2.05, 4.69) is 56.1 Å². The number of hydrogen-bond donors (Lipinski definition) is 1. The van der Waals surface area contributed by atoms with Crippen LogP contribution in [0.5, 0.6) is 0 Å². The Morgan fingerprint density at radius 1 is 0.958 bits per heavy atom. The summed E-state index contributed by atoms with van der Waals surface area (Å²) in [5.74, 6) is 0.600. The second-order valence-corrected chi connectivity index (χ2v) is 7.23. The Bertz CT molecular complexity index is 489. The fourth-order valence-corrected chi connectivity index (χ4v) is 2.94. The number of hydrogen-bond acceptors (Lipinski definition) is 4. The standard InChI is InChI=1S/C20H34N2O2/c1-16(2)18-5-6-19-14-22(15-20(19)13-18)8-10-24-12-11-23-9-7-21-17(3)4/h5-6,13,16-17,21H,7-12,14-15H2,1-4H3. The van der Waals surface area contributed by atoms with E-state index in [1.807, 2.05) is 0 Å². The fourth-order valence-electron chi connectivity index (χ4n) is 2.94. The highest BCUT2D eigenvalue weighted by Crippen LogP contribution is 2.26. The lowest BCUT2D eigenvalue weighted by Gasteiger charge is -2.14. The van der Waals surface area contributed by atoms with E-state index in [0.29, 0.717) is 25.2 Å². The Labute approximate surface area is 147 Å². The summed E-state index contributed by atoms with van der Waals surface area (Å²) in [6.45, 7) is 15.7. The van der Waals surface area contributed by atoms with Gasteiger partial charge >= 0.3 is 0 Å². The van der Waals surface area contributed by atoms with Gasteiger partial charge in [0.1, 0.15) is 0 Å². The zero-order chi connectivity index (χ0) is 17.4. The number of rotatable bonds is 11. The second-order valence-electron chi connectivity index (χ2n) is 7.23. The molecule has 0 amide bonds. The van der Waals surface area contributed by atoms with E-state index in [9.17, 15) is 0 Å². The van der Waals surface area contributed by atoms with Gasteiger partial charge in [0, 0.05) is 32.2 Å². The number of nitrogens with zero attached hydrogens (tertiary/aromatic N) is 1. The summed E-state index contributed by atoms with van der Waals surface area (Å²) < 4.78 is 11.2. The Balaban J connectivity index is 1.53. The molecular weight excluding hydrogens is 300 g/mol. The molecule has 0 spiro atoms. The molecule has 1 N–H and O–H groups in total. The molecule has 4 heteroatoms. The summed E-state index contributed by atoms with van der Waals surface area (Å²) in [6.07, 6.45) is 0. The van der Waals surface area contributed by atoms with Crippen molar-refractivity contribution in [2.75, 3.05) is 39.5 Å². The first-order valence-corrected chi connectivity index (χ1v) is 9.29. The maximum Gasteiger partial charge on any atom is 0.0701 e. The third-order valence-corrected chi connectivity index (χ3v) is 4.41. The average Bonchev–Trinajstić information content (AvgIpc) is 2.94. The van der Waals surface area contributed by atoms with Gasteiger partial charge in [-0.05, 0) is 22.6 Å². The van der Waals surface area contributed by atoms with Gasteiger partial charge in [-0.1, -0.05) is 45.9 Å². The van der Waals surface area contributed by atoms with Crippen LogP contribution in [-0.4, -0.2) is 50.5 Å². The largest absolute Gasteiger partial charge is 0.378 e. The molecule has 0 bridgehead atoms. The number of ether oxygens (including phenoxy) is 2. The Hall–Kier alpha value is -0.940. The molecule has 0 aliphatic carbocycles. The minimum atomic E-state index is 0.519. The molecule has 0 saturated heterocycles. The Kier molecular flexibility index (Phi) is 8.19. The maximum atomic E-state index is 5.70. The van der Waals surface area contributed by atoms with Gasteiger partial charge in [0.2, 0.25) is 0 Å². The third-order valence-electron chi connectivity index (χ3n) is 4.41. The van der Waals surface area contributed by atoms with Crippen molar-refractivity contribution in [3.8, 4) is 0 Å². The molecule has 136 valence electrons. The molecular formula is C20H34N2O2. The summed E-state index contributed by atoms with van der Waals surface area (Å²) in [4.78, 5) is 2.46. The van der Waals surface area contributed by atoms with E-state index >= 15 is 0 Å². The second kappa shape index (κ2) is 10.1. The first-order chi connectivity index (χ1) is 11.6. The average molecular weight is 335 g/mol. The van der Waals surface area contributed by atoms with E-state index < -0.39 is 0 Å². The van der Waals surface area contributed by atoms with Gasteiger partial charge < -0.3 is 14.8 Å². The van der Waals surface area contributed by atoms with E-state index in [4.69, 9.17) is 9.47 Å². The zero-order valence-corrected chi connectivity index (χ0v) is 15.8. The normalized spacial score (nSPS) is 14.8. The lowest BCUT2D eigenvalue weighted by molar-refractivity contribution is 0.0388. The van der Waals surface area contributed by atoms with E-state index in [-0.39, 0.29) is 0 Å². The summed E-state index contributed by atoms with van der Waals surface area (Å²) in [7, 11) is 0. The summed E-state index contributed by atoms with van der Waals surface area (Å²) in [5, 5.41) is 3.33. The highest BCUT2D eigenvalue weighted by atomic mass is 16.5. The highest BCUT2D eigenvalue weighted by molar-refractivity contribution is 5.35. The molecule has 0 radical (unpaired) electrons. The van der Waals surface area contributed by atoms with Crippen LogP contribution < -0.4 is 5.32 Å². The molecule has 1 heterocycles. The smallest absolute Gasteiger partial charge is 0.0701 e. The van der Waals surface area contributed by atoms with E-state index in [0.717, 1.165) is 39.4 Å². The van der Waals surface area contributed by atoms with Crippen LogP contribution >= 0.6 is 0 Å². The third kappa shape index (κ3) is 6.52. The molecule has 24 heavy (non-hydrogen) atoms. The highest BCUT2D eigenvalue weighted by Gasteiger charge is 2.19. The van der Waals surface area contributed by atoms with Gasteiger partial charge in [-0.15, -0.1) is 0 Å². The number of nitrogens with one attached hydrogen (secondary N) is 1. The van der Waals surface area contributed by atoms with Crippen LogP contribution in [0.1, 0.15) is 50.3 Å². The number of fused-ring (bicyclic) bond motifs is 1. The van der Waals surface area contributed by atoms with Crippen LogP contribution in [0.3, 0.4) is 0 Å². The molecule has 2 rings (SSSR count). The lowest BCUT2D eigenvalue weighted by Crippen LogP contribution is -2.27. The van der Waals surface area contributed by atoms with Crippen molar-refractivity contribution in [1.29, 1.82) is 0 Å². The predicted octanol–water partition coefficient (Wildman–Crippen LogP) is 3.16. The van der Waals surface area contributed by atoms with Gasteiger partial charge in [0.25, 0.3) is 0 Å². The van der Waals surface area contributed by atoms with Crippen molar-refractivity contribution in [1.82, 2.24) is 10.2 Å². The molecule has 1 aromatic carbocycles. The molecule has 0 saturated carbocycles. The first kappa shape index (κ1) is 19.4. The van der Waals surface area contributed by atoms with Gasteiger partial charge in [-0.2, -0.15) is 0 Å². The molecule has 4 nitrogen and oxygen atoms in total. The van der Waals surface area contributed by atoms with Gasteiger partial charge in [0.05, 0.1) is 26.4 Å². The van der Waals surface area contributed by atoms with Crippen molar-refractivity contribution in [3.05, 3.63) is 34.9 Å². The molecule has 0 fully saturated rings. The van der Waals surface area contributed by atoms with Crippen molar-refractivity contribution in [2.24, 2.45) is 0 Å². The minimum absolute atomic E-state index is 0.519. The first-order valence-electron chi connectivity index (χ1n) is 9.29. The van der Waals surface area contributed by atoms with Crippen molar-refractivity contribution in [2.45, 2.75) is 52.7 Å². The van der Waals surface area contributed by atoms with Crippen LogP contribution in [0.15, 0.2) is 18.2 Å². The summed E-state index contributed by atoms with van der Waals surface area (Å²) in [6, 6.07) is 7.46.